The highest BCUT2D eigenvalue weighted by molar-refractivity contribution is 5.12. The monoisotopic (exact) mass is 422 g/mol. The smallest absolute Gasteiger partial charge is 0.0704 e. The third-order valence-corrected chi connectivity index (χ3v) is 10.9. The summed E-state index contributed by atoms with van der Waals surface area (Å²) in [6, 6.07) is 0. The third kappa shape index (κ3) is 3.58. The average molecular weight is 423 g/mol. The molecule has 30 heavy (non-hydrogen) atoms. The van der Waals surface area contributed by atoms with Gasteiger partial charge in [0.05, 0.1) is 51.8 Å². The molecular weight excluding hydrogens is 376 g/mol. The van der Waals surface area contributed by atoms with Crippen molar-refractivity contribution in [3.63, 3.8) is 0 Å². The molecule has 4 aliphatic carbocycles. The van der Waals surface area contributed by atoms with Gasteiger partial charge >= 0.3 is 0 Å². The lowest BCUT2D eigenvalue weighted by Crippen LogP contribution is -2.37. The molecule has 0 aromatic heterocycles. The molecule has 0 saturated heterocycles. The molecule has 0 aliphatic heterocycles. The highest BCUT2D eigenvalue weighted by Crippen LogP contribution is 2.67. The number of fused-ring (bicyclic) bond motifs is 4. The van der Waals surface area contributed by atoms with Crippen LogP contribution in [0.15, 0.2) is 0 Å². The minimum absolute atomic E-state index is 0.339. The molecule has 0 unspecified atom stereocenters. The van der Waals surface area contributed by atoms with Gasteiger partial charge in [0.15, 0.2) is 0 Å². The standard InChI is InChI=1S/C26H46O4/c1-23(2)19-7-9-25(23,5)21(17-19)29-15-13-27-11-12-28-14-16-30-22-18-20-8-10-26(22,6)24(20,3)4/h19-22H,7-18H2,1-6H3/t19-,20-,21-,22-,25+,26+/m1/s1. The van der Waals surface area contributed by atoms with Crippen LogP contribution in [0, 0.1) is 33.5 Å². The predicted octanol–water partition coefficient (Wildman–Crippen LogP) is 5.48. The van der Waals surface area contributed by atoms with Crippen LogP contribution in [-0.4, -0.2) is 51.8 Å². The summed E-state index contributed by atoms with van der Waals surface area (Å²) in [6.07, 6.45) is 8.63. The number of hydrogen-bond acceptors (Lipinski definition) is 4. The van der Waals surface area contributed by atoms with Crippen LogP contribution in [0.25, 0.3) is 0 Å². The highest BCUT2D eigenvalue weighted by Gasteiger charge is 2.62. The Morgan fingerprint density at radius 3 is 1.23 bits per heavy atom. The summed E-state index contributed by atoms with van der Waals surface area (Å²) in [5.41, 5.74) is 1.51. The van der Waals surface area contributed by atoms with Gasteiger partial charge in [-0.2, -0.15) is 0 Å². The zero-order valence-corrected chi connectivity index (χ0v) is 20.4. The van der Waals surface area contributed by atoms with E-state index in [9.17, 15) is 0 Å². The molecule has 174 valence electrons. The minimum atomic E-state index is 0.339. The van der Waals surface area contributed by atoms with Crippen molar-refractivity contribution >= 4 is 0 Å². The van der Waals surface area contributed by atoms with Gasteiger partial charge in [-0.05, 0) is 72.0 Å². The Kier molecular flexibility index (Phi) is 6.38. The lowest BCUT2D eigenvalue weighted by molar-refractivity contribution is -0.0771. The molecule has 0 aromatic carbocycles. The summed E-state index contributed by atoms with van der Waals surface area (Å²) in [5.74, 6) is 1.66. The first kappa shape index (κ1) is 23.0. The molecule has 0 aromatic rings. The predicted molar refractivity (Wildman–Crippen MR) is 120 cm³/mol. The van der Waals surface area contributed by atoms with E-state index in [1.807, 2.05) is 0 Å². The molecule has 4 nitrogen and oxygen atoms in total. The number of rotatable bonds is 11. The van der Waals surface area contributed by atoms with E-state index >= 15 is 0 Å². The molecule has 4 heteroatoms. The fourth-order valence-corrected chi connectivity index (χ4v) is 7.59. The molecule has 0 N–H and O–H groups in total. The van der Waals surface area contributed by atoms with Crippen molar-refractivity contribution in [3.05, 3.63) is 0 Å². The van der Waals surface area contributed by atoms with Gasteiger partial charge in [-0.1, -0.05) is 41.5 Å². The summed E-state index contributed by atoms with van der Waals surface area (Å²) in [5, 5.41) is 0. The van der Waals surface area contributed by atoms with E-state index in [0.717, 1.165) is 11.8 Å². The topological polar surface area (TPSA) is 36.9 Å². The van der Waals surface area contributed by atoms with E-state index in [-0.39, 0.29) is 0 Å². The minimum Gasteiger partial charge on any atom is -0.377 e. The fourth-order valence-electron chi connectivity index (χ4n) is 7.59. The van der Waals surface area contributed by atoms with Gasteiger partial charge in [0.2, 0.25) is 0 Å². The Bertz CT molecular complexity index is 550. The second-order valence-electron chi connectivity index (χ2n) is 12.2. The van der Waals surface area contributed by atoms with E-state index in [1.165, 1.54) is 38.5 Å². The fraction of sp³-hybridized carbons (Fsp3) is 1.00. The summed E-state index contributed by atoms with van der Waals surface area (Å²) in [7, 11) is 0. The van der Waals surface area contributed by atoms with E-state index in [4.69, 9.17) is 18.9 Å². The Morgan fingerprint density at radius 1 is 0.567 bits per heavy atom. The van der Waals surface area contributed by atoms with Gasteiger partial charge in [-0.3, -0.25) is 0 Å². The quantitative estimate of drug-likeness (QED) is 0.413. The molecule has 6 atom stereocenters. The lowest BCUT2D eigenvalue weighted by Gasteiger charge is -2.39. The van der Waals surface area contributed by atoms with Crippen molar-refractivity contribution in [2.75, 3.05) is 39.6 Å². The van der Waals surface area contributed by atoms with Gasteiger partial charge < -0.3 is 18.9 Å². The average Bonchev–Trinajstić information content (AvgIpc) is 3.21. The molecule has 4 fully saturated rings. The first-order valence-corrected chi connectivity index (χ1v) is 12.5. The first-order valence-electron chi connectivity index (χ1n) is 12.5. The molecule has 0 amide bonds. The zero-order valence-electron chi connectivity index (χ0n) is 20.4. The van der Waals surface area contributed by atoms with Crippen LogP contribution in [0.2, 0.25) is 0 Å². The van der Waals surface area contributed by atoms with Crippen molar-refractivity contribution in [2.24, 2.45) is 33.5 Å². The van der Waals surface area contributed by atoms with Crippen molar-refractivity contribution < 1.29 is 18.9 Å². The number of ether oxygens (including phenoxy) is 4. The maximum absolute atomic E-state index is 6.24. The molecule has 0 spiro atoms. The Morgan fingerprint density at radius 2 is 0.933 bits per heavy atom. The molecule has 0 heterocycles. The van der Waals surface area contributed by atoms with Gasteiger partial charge in [-0.25, -0.2) is 0 Å². The first-order chi connectivity index (χ1) is 14.1. The maximum Gasteiger partial charge on any atom is 0.0704 e. The van der Waals surface area contributed by atoms with Gasteiger partial charge in [0.1, 0.15) is 0 Å². The van der Waals surface area contributed by atoms with Crippen LogP contribution in [0.3, 0.4) is 0 Å². The summed E-state index contributed by atoms with van der Waals surface area (Å²) >= 11 is 0. The summed E-state index contributed by atoms with van der Waals surface area (Å²) < 4.78 is 23.9. The van der Waals surface area contributed by atoms with E-state index in [2.05, 4.69) is 41.5 Å². The second-order valence-corrected chi connectivity index (χ2v) is 12.2. The van der Waals surface area contributed by atoms with Crippen LogP contribution in [0.5, 0.6) is 0 Å². The summed E-state index contributed by atoms with van der Waals surface area (Å²) in [6.45, 7) is 18.6. The SMILES string of the molecule is CC1(C)[C@@H]2CC[C@@]1(C)[C@H](OCCOCCOCCO[C@@H]1C[C@H]3CC[C@]1(C)C3(C)C)C2. The highest BCUT2D eigenvalue weighted by atomic mass is 16.6. The van der Waals surface area contributed by atoms with Crippen molar-refractivity contribution in [3.8, 4) is 0 Å². The summed E-state index contributed by atoms with van der Waals surface area (Å²) in [4.78, 5) is 0. The van der Waals surface area contributed by atoms with Crippen LogP contribution in [0.1, 0.15) is 80.1 Å². The van der Waals surface area contributed by atoms with E-state index < -0.39 is 0 Å². The third-order valence-electron chi connectivity index (χ3n) is 10.9. The van der Waals surface area contributed by atoms with Crippen LogP contribution in [-0.2, 0) is 18.9 Å². The second kappa shape index (κ2) is 8.32. The lowest BCUT2D eigenvalue weighted by atomic mass is 9.70. The van der Waals surface area contributed by atoms with Gasteiger partial charge in [-0.15, -0.1) is 0 Å². The van der Waals surface area contributed by atoms with Gasteiger partial charge in [0, 0.05) is 0 Å². The van der Waals surface area contributed by atoms with Crippen molar-refractivity contribution in [2.45, 2.75) is 92.3 Å². The largest absolute Gasteiger partial charge is 0.377 e. The Labute approximate surface area is 184 Å². The van der Waals surface area contributed by atoms with Gasteiger partial charge in [0.25, 0.3) is 0 Å². The van der Waals surface area contributed by atoms with Crippen LogP contribution >= 0.6 is 0 Å². The van der Waals surface area contributed by atoms with Crippen molar-refractivity contribution in [1.29, 1.82) is 0 Å². The Hall–Kier alpha value is -0.160. The normalized spacial score (nSPS) is 43.0. The van der Waals surface area contributed by atoms with Crippen LogP contribution in [0.4, 0.5) is 0 Å². The van der Waals surface area contributed by atoms with E-state index in [1.54, 1.807) is 0 Å². The molecule has 0 radical (unpaired) electrons. The zero-order chi connectivity index (χ0) is 21.6. The van der Waals surface area contributed by atoms with Crippen molar-refractivity contribution in [1.82, 2.24) is 0 Å². The molecular formula is C26H46O4. The maximum atomic E-state index is 6.24. The Balaban J connectivity index is 1.02. The van der Waals surface area contributed by atoms with Crippen LogP contribution < -0.4 is 0 Å². The molecule has 4 rings (SSSR count). The number of hydrogen-bond donors (Lipinski definition) is 0. The molecule has 4 bridgehead atoms. The molecule has 4 saturated carbocycles. The van der Waals surface area contributed by atoms with E-state index in [0.29, 0.717) is 73.5 Å². The molecule has 4 aliphatic rings.